The summed E-state index contributed by atoms with van der Waals surface area (Å²) in [7, 11) is -0.862. The average Bonchev–Trinajstić information content (AvgIpc) is 3.03. The van der Waals surface area contributed by atoms with E-state index in [1.165, 1.54) is 7.11 Å². The Labute approximate surface area is 249 Å². The molecule has 1 aliphatic rings. The first-order valence-corrected chi connectivity index (χ1v) is 15.7. The molecule has 1 saturated heterocycles. The van der Waals surface area contributed by atoms with Crippen molar-refractivity contribution in [2.45, 2.75) is 44.0 Å². The lowest BCUT2D eigenvalue weighted by molar-refractivity contribution is 0.0600. The highest BCUT2D eigenvalue weighted by molar-refractivity contribution is 7.89. The first kappa shape index (κ1) is 31.1. The fourth-order valence-electron chi connectivity index (χ4n) is 5.35. The molecule has 0 radical (unpaired) electrons. The normalized spacial score (nSPS) is 15.5. The molecular weight excluding hydrogens is 548 g/mol. The van der Waals surface area contributed by atoms with E-state index < -0.39 is 10.0 Å². The molecule has 1 fully saturated rings. The zero-order valence-electron chi connectivity index (χ0n) is 24.9. The molecule has 0 amide bonds. The van der Waals surface area contributed by atoms with E-state index in [4.69, 9.17) is 9.47 Å². The molecular formula is C34H40N2O5S. The number of methoxy groups -OCH3 is 2. The van der Waals surface area contributed by atoms with Crippen LogP contribution in [0.15, 0.2) is 107 Å². The van der Waals surface area contributed by atoms with Gasteiger partial charge in [0.05, 0.1) is 24.7 Å². The van der Waals surface area contributed by atoms with Crippen molar-refractivity contribution in [1.82, 2.24) is 4.31 Å². The molecule has 42 heavy (non-hydrogen) atoms. The highest BCUT2D eigenvalue weighted by atomic mass is 32.2. The zero-order valence-corrected chi connectivity index (χ0v) is 25.7. The Kier molecular flexibility index (Phi) is 10.2. The molecule has 0 aliphatic carbocycles. The van der Waals surface area contributed by atoms with Crippen molar-refractivity contribution in [3.63, 3.8) is 0 Å². The van der Waals surface area contributed by atoms with Crippen LogP contribution in [0.3, 0.4) is 0 Å². The smallest absolute Gasteiger partial charge is 0.337 e. The van der Waals surface area contributed by atoms with Gasteiger partial charge in [0.2, 0.25) is 10.0 Å². The lowest BCUT2D eigenvalue weighted by atomic mass is 10.0. The Morgan fingerprint density at radius 1 is 1.00 bits per heavy atom. The van der Waals surface area contributed by atoms with E-state index in [-0.39, 0.29) is 23.5 Å². The van der Waals surface area contributed by atoms with Crippen LogP contribution in [-0.4, -0.2) is 58.6 Å². The third kappa shape index (κ3) is 6.94. The van der Waals surface area contributed by atoms with Crippen molar-refractivity contribution in [3.05, 3.63) is 108 Å². The van der Waals surface area contributed by atoms with Gasteiger partial charge in [-0.25, -0.2) is 13.2 Å². The summed E-state index contributed by atoms with van der Waals surface area (Å²) in [5.41, 5.74) is 3.33. The Morgan fingerprint density at radius 3 is 2.26 bits per heavy atom. The van der Waals surface area contributed by atoms with Gasteiger partial charge in [-0.3, -0.25) is 0 Å². The zero-order chi connectivity index (χ0) is 30.3. The largest absolute Gasteiger partial charge is 0.497 e. The summed E-state index contributed by atoms with van der Waals surface area (Å²) < 4.78 is 40.8. The minimum absolute atomic E-state index is 0.200. The van der Waals surface area contributed by atoms with Gasteiger partial charge in [0.1, 0.15) is 5.76 Å². The summed E-state index contributed by atoms with van der Waals surface area (Å²) in [6.07, 6.45) is 5.84. The van der Waals surface area contributed by atoms with Gasteiger partial charge in [-0.15, -0.1) is 0 Å². The van der Waals surface area contributed by atoms with Gasteiger partial charge in [0, 0.05) is 31.4 Å². The number of sulfonamides is 1. The Bertz CT molecular complexity index is 1580. The second-order valence-electron chi connectivity index (χ2n) is 10.4. The molecule has 0 atom stereocenters. The minimum Gasteiger partial charge on any atom is -0.497 e. The highest BCUT2D eigenvalue weighted by Gasteiger charge is 2.34. The molecule has 0 saturated carbocycles. The van der Waals surface area contributed by atoms with Crippen molar-refractivity contribution >= 4 is 32.5 Å². The maximum atomic E-state index is 14.3. The average molecular weight is 589 g/mol. The van der Waals surface area contributed by atoms with Crippen molar-refractivity contribution in [1.29, 1.82) is 0 Å². The number of carbonyl (C=O) groups excluding carboxylic acids is 1. The van der Waals surface area contributed by atoms with E-state index >= 15 is 0 Å². The maximum Gasteiger partial charge on any atom is 0.337 e. The van der Waals surface area contributed by atoms with Gasteiger partial charge in [-0.05, 0) is 90.6 Å². The van der Waals surface area contributed by atoms with Crippen LogP contribution < -0.4 is 4.90 Å². The lowest BCUT2D eigenvalue weighted by Gasteiger charge is -2.39. The van der Waals surface area contributed by atoms with Crippen LogP contribution >= 0.6 is 0 Å². The van der Waals surface area contributed by atoms with Crippen molar-refractivity contribution < 1.29 is 22.7 Å². The monoisotopic (exact) mass is 588 g/mol. The van der Waals surface area contributed by atoms with Gasteiger partial charge >= 0.3 is 5.97 Å². The number of nitrogens with zero attached hydrogens (tertiary/aromatic N) is 2. The fraction of sp³-hybridized carbons (Fsp3) is 0.324. The van der Waals surface area contributed by atoms with Crippen molar-refractivity contribution in [2.24, 2.45) is 0 Å². The Hall–Kier alpha value is -3.88. The molecule has 0 unspecified atom stereocenters. The number of piperidine rings is 1. The minimum atomic E-state index is -3.84. The van der Waals surface area contributed by atoms with Gasteiger partial charge < -0.3 is 14.4 Å². The molecule has 7 nitrogen and oxygen atoms in total. The van der Waals surface area contributed by atoms with Crippen molar-refractivity contribution in [3.8, 4) is 0 Å². The van der Waals surface area contributed by atoms with Crippen LogP contribution in [-0.2, 0) is 19.5 Å². The summed E-state index contributed by atoms with van der Waals surface area (Å²) in [4.78, 5) is 14.3. The number of esters is 1. The topological polar surface area (TPSA) is 76.2 Å². The summed E-state index contributed by atoms with van der Waals surface area (Å²) >= 11 is 0. The lowest BCUT2D eigenvalue weighted by Crippen LogP contribution is -2.48. The molecule has 1 heterocycles. The van der Waals surface area contributed by atoms with E-state index in [0.717, 1.165) is 34.0 Å². The second kappa shape index (κ2) is 13.9. The molecule has 8 heteroatoms. The number of fused-ring (bicyclic) bond motifs is 1. The summed E-state index contributed by atoms with van der Waals surface area (Å²) in [5, 5.41) is 1.88. The van der Waals surface area contributed by atoms with E-state index in [0.29, 0.717) is 37.3 Å². The van der Waals surface area contributed by atoms with Crippen LogP contribution in [0.4, 0.5) is 5.69 Å². The molecule has 3 aromatic carbocycles. The molecule has 222 valence electrons. The molecule has 1 aliphatic heterocycles. The van der Waals surface area contributed by atoms with Crippen LogP contribution in [0.1, 0.15) is 43.5 Å². The highest BCUT2D eigenvalue weighted by Crippen LogP contribution is 2.30. The number of ether oxygens (including phenoxy) is 2. The number of rotatable bonds is 11. The van der Waals surface area contributed by atoms with E-state index in [1.807, 2.05) is 62.4 Å². The molecule has 0 aromatic heterocycles. The first-order valence-electron chi connectivity index (χ1n) is 14.2. The molecule has 3 aromatic rings. The Morgan fingerprint density at radius 2 is 1.67 bits per heavy atom. The summed E-state index contributed by atoms with van der Waals surface area (Å²) in [6, 6.07) is 20.2. The molecule has 4 rings (SSSR count). The molecule has 0 spiro atoms. The predicted octanol–water partition coefficient (Wildman–Crippen LogP) is 6.73. The van der Waals surface area contributed by atoms with Crippen LogP contribution in [0.5, 0.6) is 0 Å². The van der Waals surface area contributed by atoms with Crippen LogP contribution in [0, 0.1) is 0 Å². The first-order chi connectivity index (χ1) is 20.2. The van der Waals surface area contributed by atoms with Gasteiger partial charge in [0.25, 0.3) is 0 Å². The number of allylic oxidation sites excluding steroid dienone is 3. The standard InChI is InChI=1S/C34H40N2O5S/c1-6-26(7-2)22-33(40-4)25(3)24-36(42(38,39)32-17-14-27-10-8-9-11-29(27)23-32)31-18-20-35(21-19-31)30-15-12-28(13-16-30)34(37)41-5/h6,8-17,22-23,31H,1,7,18-21,24H2,2-5H3/b26-22+,33-25-. The third-order valence-electron chi connectivity index (χ3n) is 7.87. The maximum absolute atomic E-state index is 14.3. The quantitative estimate of drug-likeness (QED) is 0.140. The number of benzene rings is 3. The van der Waals surface area contributed by atoms with Gasteiger partial charge in [-0.1, -0.05) is 49.9 Å². The summed E-state index contributed by atoms with van der Waals surface area (Å²) in [5.74, 6) is 0.274. The van der Waals surface area contributed by atoms with Crippen LogP contribution in [0.2, 0.25) is 0 Å². The van der Waals surface area contributed by atoms with E-state index in [1.54, 1.807) is 41.8 Å². The number of carbonyl (C=O) groups is 1. The number of hydrogen-bond donors (Lipinski definition) is 0. The Balaban J connectivity index is 1.65. The van der Waals surface area contributed by atoms with E-state index in [2.05, 4.69) is 11.5 Å². The van der Waals surface area contributed by atoms with Gasteiger partial charge in [-0.2, -0.15) is 4.31 Å². The summed E-state index contributed by atoms with van der Waals surface area (Å²) in [6.45, 7) is 9.43. The van der Waals surface area contributed by atoms with E-state index in [9.17, 15) is 13.2 Å². The van der Waals surface area contributed by atoms with Gasteiger partial charge in [0.15, 0.2) is 0 Å². The predicted molar refractivity (Wildman–Crippen MR) is 169 cm³/mol. The fourth-order valence-corrected chi connectivity index (χ4v) is 7.11. The number of hydrogen-bond acceptors (Lipinski definition) is 6. The third-order valence-corrected chi connectivity index (χ3v) is 9.77. The van der Waals surface area contributed by atoms with Crippen LogP contribution in [0.25, 0.3) is 10.8 Å². The van der Waals surface area contributed by atoms with Crippen molar-refractivity contribution in [2.75, 3.05) is 38.8 Å². The SMILES string of the molecule is C=C/C(=C\C(OC)=C(/C)CN(C1CCN(c2ccc(C(=O)OC)cc2)CC1)S(=O)(=O)c1ccc2ccccc2c1)CC. The second-order valence-corrected chi connectivity index (χ2v) is 12.3. The number of anilines is 1. The molecule has 0 bridgehead atoms. The molecule has 0 N–H and O–H groups in total.